The number of nitrogens with zero attached hydrogens (tertiary/aromatic N) is 8. The minimum Gasteiger partial charge on any atom is -0.448 e. The molecule has 50 heteroatoms. The number of ether oxygens (including phenoxy) is 6. The fraction of sp³-hybridized carbons (Fsp3) is 0.632. The summed E-state index contributed by atoms with van der Waals surface area (Å²) in [6.45, 7) is 2.59. The van der Waals surface area contributed by atoms with E-state index in [1.54, 1.807) is 64.1 Å². The predicted molar refractivity (Wildman–Crippen MR) is 432 cm³/mol. The average Bonchev–Trinajstić information content (AvgIpc) is 1.60. The zero-order valence-electron chi connectivity index (χ0n) is 70.9. The lowest BCUT2D eigenvalue weighted by Gasteiger charge is -2.44. The molecular formula is C76H116N20O30. The number of rotatable bonds is 46. The van der Waals surface area contributed by atoms with Crippen LogP contribution in [-0.2, 0) is 89.6 Å². The summed E-state index contributed by atoms with van der Waals surface area (Å²) in [6.07, 6.45) is -20.4. The summed E-state index contributed by atoms with van der Waals surface area (Å²) in [6, 6.07) is 4.28. The number of urea groups is 1. The van der Waals surface area contributed by atoms with Gasteiger partial charge in [-0.05, 0) is 79.5 Å². The lowest BCUT2D eigenvalue weighted by atomic mass is 9.92. The molecular weight excluding hydrogens is 1670 g/mol. The molecule has 0 aliphatic carbocycles. The van der Waals surface area contributed by atoms with Crippen molar-refractivity contribution in [1.82, 2.24) is 81.7 Å². The Bertz CT molecular complexity index is 4100. The van der Waals surface area contributed by atoms with Crippen molar-refractivity contribution in [3.8, 4) is 0 Å². The molecule has 0 aromatic heterocycles. The molecule has 5 fully saturated rings. The summed E-state index contributed by atoms with van der Waals surface area (Å²) in [4.78, 5) is 215. The van der Waals surface area contributed by atoms with Gasteiger partial charge in [0.25, 0.3) is 0 Å². The first-order valence-corrected chi connectivity index (χ1v) is 40.5. The Morgan fingerprint density at radius 3 is 1.44 bits per heavy atom. The Balaban J connectivity index is 0.855. The quantitative estimate of drug-likeness (QED) is 0.00962. The molecule has 0 saturated carbocycles. The van der Waals surface area contributed by atoms with Gasteiger partial charge in [-0.15, -0.1) is 0 Å². The zero-order chi connectivity index (χ0) is 93.1. The lowest BCUT2D eigenvalue weighted by Crippen LogP contribution is -2.68. The van der Waals surface area contributed by atoms with Gasteiger partial charge >= 0.3 is 60.1 Å². The maximum atomic E-state index is 14.1. The van der Waals surface area contributed by atoms with Crippen molar-refractivity contribution >= 4 is 107 Å². The minimum absolute atomic E-state index is 0.00924. The Morgan fingerprint density at radius 2 is 0.976 bits per heavy atom. The van der Waals surface area contributed by atoms with Gasteiger partial charge < -0.3 is 152 Å². The summed E-state index contributed by atoms with van der Waals surface area (Å²) in [7, 11) is 5.49. The van der Waals surface area contributed by atoms with E-state index in [9.17, 15) is 118 Å². The van der Waals surface area contributed by atoms with Crippen LogP contribution in [0, 0.1) is 11.8 Å². The van der Waals surface area contributed by atoms with Crippen LogP contribution in [0.3, 0.4) is 0 Å². The zero-order valence-corrected chi connectivity index (χ0v) is 70.9. The topological polar surface area (TPSA) is 689 Å². The van der Waals surface area contributed by atoms with E-state index in [-0.39, 0.29) is 123 Å². The number of hydrogen-bond acceptors (Lipinski definition) is 34. The third-order valence-corrected chi connectivity index (χ3v) is 21.2. The van der Waals surface area contributed by atoms with E-state index in [1.165, 1.54) is 50.1 Å². The third kappa shape index (κ3) is 28.9. The van der Waals surface area contributed by atoms with Gasteiger partial charge in [-0.3, -0.25) is 69.2 Å². The number of likely N-dealkylation sites (tertiary alicyclic amines) is 1. The van der Waals surface area contributed by atoms with Gasteiger partial charge in [0.1, 0.15) is 107 Å². The van der Waals surface area contributed by atoms with Crippen molar-refractivity contribution < 1.29 is 146 Å². The number of fused-ring (bicyclic) bond motifs is 2. The molecule has 17 amide bonds. The molecule has 700 valence electrons. The molecule has 0 spiro atoms. The van der Waals surface area contributed by atoms with E-state index >= 15 is 0 Å². The normalized spacial score (nSPS) is 21.6. The first-order chi connectivity index (χ1) is 59.6. The van der Waals surface area contributed by atoms with Gasteiger partial charge in [0.2, 0.25) is 35.4 Å². The number of benzene rings is 2. The number of nitrogens with one attached hydrogen (secondary N) is 10. The Kier molecular flexibility index (Phi) is 38.7. The van der Waals surface area contributed by atoms with Gasteiger partial charge in [-0.2, -0.15) is 0 Å². The van der Waals surface area contributed by atoms with Crippen molar-refractivity contribution in [3.05, 3.63) is 59.7 Å². The first kappa shape index (κ1) is 101. The van der Waals surface area contributed by atoms with Gasteiger partial charge in [0, 0.05) is 91.7 Å². The molecule has 0 radical (unpaired) electrons. The van der Waals surface area contributed by atoms with Crippen LogP contribution in [0.5, 0.6) is 0 Å². The van der Waals surface area contributed by atoms with Crippen LogP contribution in [-0.4, -0.2) is 394 Å². The molecule has 22 N–H and O–H groups in total. The van der Waals surface area contributed by atoms with E-state index in [0.29, 0.717) is 16.8 Å². The van der Waals surface area contributed by atoms with Crippen LogP contribution in [0.15, 0.2) is 48.5 Å². The Morgan fingerprint density at radius 1 is 0.524 bits per heavy atom. The molecule has 2 aromatic carbocycles. The van der Waals surface area contributed by atoms with Gasteiger partial charge in [0.05, 0.1) is 44.0 Å². The van der Waals surface area contributed by atoms with Crippen LogP contribution in [0.2, 0.25) is 0 Å². The monoisotopic (exact) mass is 1790 g/mol. The highest BCUT2D eigenvalue weighted by atomic mass is 16.6. The smallest absolute Gasteiger partial charge is 0.409 e. The highest BCUT2D eigenvalue weighted by Gasteiger charge is 2.57. The molecule has 16 atom stereocenters. The number of piperidine rings is 2. The van der Waals surface area contributed by atoms with Crippen LogP contribution in [0.1, 0.15) is 77.3 Å². The SMILES string of the molecule is CC(C)[C@H](NCOCCN(CCOC(=O)N[C@H](C(=O)N[C@@H](CCCNC(N)O)C(O)Nc1ccc(COC(=O)N(C)CCN(C)C(=O)OC[C@@H]2[C@@H](O)[C@H](O)[C@H](O)[C@H]3NC(=O)C(=O)N23)cc1)C(C)C)C(=O)CN1C(=O)CCC1=O)C(=O)N[C@@H](CCCNC(N)=O)C(=O)Nc1ccc(COC(=O)N(C)CCN(C)C(=O)OC[C@@H]2[C@@H](O)[C@H](O)[C@H](O)[C@H]3NC(=O)C(=O)N23)cc1. The number of carbonyl (C=O) groups excluding carboxylic acids is 16. The number of alkyl carbamates (subject to hydrolysis) is 1. The van der Waals surface area contributed by atoms with E-state index in [1.807, 2.05) is 0 Å². The van der Waals surface area contributed by atoms with E-state index in [0.717, 1.165) is 29.4 Å². The largest absolute Gasteiger partial charge is 0.448 e. The number of aliphatic hydroxyl groups excluding tert-OH is 8. The number of aliphatic hydroxyl groups is 8. The number of carbonyl (C=O) groups is 16. The molecule has 7 rings (SSSR count). The second kappa shape index (κ2) is 48.1. The van der Waals surface area contributed by atoms with E-state index < -0.39 is 232 Å². The highest BCUT2D eigenvalue weighted by molar-refractivity contribution is 6.37. The maximum Gasteiger partial charge on any atom is 0.409 e. The second-order valence-electron chi connectivity index (χ2n) is 31.1. The number of likely N-dealkylation sites (N-methyl/N-ethyl adjacent to an activating group) is 4. The highest BCUT2D eigenvalue weighted by Crippen LogP contribution is 2.30. The van der Waals surface area contributed by atoms with Crippen LogP contribution in [0.4, 0.5) is 40.1 Å². The van der Waals surface area contributed by atoms with E-state index in [4.69, 9.17) is 39.9 Å². The maximum absolute atomic E-state index is 14.1. The van der Waals surface area contributed by atoms with Crippen molar-refractivity contribution in [2.75, 3.05) is 131 Å². The number of amides is 17. The molecule has 5 saturated heterocycles. The summed E-state index contributed by atoms with van der Waals surface area (Å²) < 4.78 is 32.7. The van der Waals surface area contributed by atoms with Crippen molar-refractivity contribution in [1.29, 1.82) is 0 Å². The fourth-order valence-corrected chi connectivity index (χ4v) is 13.6. The fourth-order valence-electron chi connectivity index (χ4n) is 13.6. The third-order valence-electron chi connectivity index (χ3n) is 21.2. The number of anilines is 2. The predicted octanol–water partition coefficient (Wildman–Crippen LogP) is -7.83. The van der Waals surface area contributed by atoms with Gasteiger partial charge in [-0.25, -0.2) is 28.8 Å². The van der Waals surface area contributed by atoms with Crippen molar-refractivity contribution in [2.45, 2.75) is 177 Å². The summed E-state index contributed by atoms with van der Waals surface area (Å²) in [5.41, 5.74) is 12.3. The van der Waals surface area contributed by atoms with Crippen LogP contribution < -0.4 is 64.6 Å². The molecule has 2 aromatic rings. The molecule has 0 bridgehead atoms. The first-order valence-electron chi connectivity index (χ1n) is 40.5. The standard InChI is InChI=1S/C76H116N20O30/c1-39(2)52(64(108)84-45(11-9-23-79-70(77)114)62(106)82-43-17-13-41(14-18-43)34-123-73(117)89(5)25-27-91(7)75(119)125-36-47-54(100)56(102)58(104)60-87-66(110)68(112)95(47)60)81-38-121-31-29-93(51(99)33-94-49(97)21-22-50(94)98)30-32-122-72(116)86-53(40(3)4)65(109)85-46(12-10-24-80-71(78)115)63(107)83-44-19-15-42(16-20-44)35-124-74(118)90(6)26-28-92(8)76(120)126-37-48-55(101)57(103)59(105)61-88-67(111)69(113)96(48)61/h13-20,39-40,45-48,52-61,63,71,80-81,83,100-105,107,115H,9-12,21-38,78H2,1-8H3,(H,82,106)(H,84,108)(H,85,109)(H,86,116)(H,87,110)(H,88,111)(H3,77,79,114)/t45-,46-,47+,48+,52-,53-,54+,55+,56-,57-,58-,59-,60-,61-,63?,71?/m0/s1. The number of nitrogens with two attached hydrogens (primary N) is 2. The number of imide groups is 1. The Labute approximate surface area is 723 Å². The Hall–Kier alpha value is -11.7. The molecule has 5 heterocycles. The molecule has 5 aliphatic rings. The van der Waals surface area contributed by atoms with Crippen LogP contribution in [0.25, 0.3) is 0 Å². The average molecular weight is 1790 g/mol. The second-order valence-corrected chi connectivity index (χ2v) is 31.1. The van der Waals surface area contributed by atoms with Crippen LogP contribution >= 0.6 is 0 Å². The molecule has 50 nitrogen and oxygen atoms in total. The number of primary amides is 1. The summed E-state index contributed by atoms with van der Waals surface area (Å²) in [5.74, 6) is -9.33. The summed E-state index contributed by atoms with van der Waals surface area (Å²) >= 11 is 0. The van der Waals surface area contributed by atoms with E-state index in [2.05, 4.69) is 53.2 Å². The lowest BCUT2D eigenvalue weighted by molar-refractivity contribution is -0.175. The molecule has 126 heavy (non-hydrogen) atoms. The molecule has 2 unspecified atom stereocenters. The molecule has 5 aliphatic heterocycles. The van der Waals surface area contributed by atoms with Gasteiger partial charge in [-0.1, -0.05) is 52.0 Å². The van der Waals surface area contributed by atoms with Crippen molar-refractivity contribution in [3.63, 3.8) is 0 Å². The number of hydrogen-bond donors (Lipinski definition) is 20. The van der Waals surface area contributed by atoms with Gasteiger partial charge in [0.15, 0.2) is 6.35 Å². The summed E-state index contributed by atoms with van der Waals surface area (Å²) in [5, 5.41) is 110. The minimum atomic E-state index is -1.78. The van der Waals surface area contributed by atoms with Crippen molar-refractivity contribution in [2.24, 2.45) is 23.3 Å².